The summed E-state index contributed by atoms with van der Waals surface area (Å²) >= 11 is 0. The van der Waals surface area contributed by atoms with Crippen molar-refractivity contribution in [2.24, 2.45) is 5.92 Å². The Morgan fingerprint density at radius 2 is 1.55 bits per heavy atom. The lowest BCUT2D eigenvalue weighted by atomic mass is 9.88. The zero-order chi connectivity index (χ0) is 27.2. The fraction of sp³-hybridized carbons (Fsp3) is 0.382. The largest absolute Gasteiger partial charge is 0.274 e. The molecule has 5 rings (SSSR count). The van der Waals surface area contributed by atoms with Gasteiger partial charge in [0, 0.05) is 11.1 Å². The zero-order valence-corrected chi connectivity index (χ0v) is 23.7. The van der Waals surface area contributed by atoms with E-state index in [2.05, 4.69) is 114 Å². The summed E-state index contributed by atoms with van der Waals surface area (Å²) in [5.74, 6) is 2.97. The van der Waals surface area contributed by atoms with Crippen LogP contribution in [0.3, 0.4) is 0 Å². The molecule has 1 heterocycles. The van der Waals surface area contributed by atoms with Crippen LogP contribution >= 0.6 is 0 Å². The third-order valence-corrected chi connectivity index (χ3v) is 8.52. The number of aromatic nitrogens is 3. The number of aryl methyl sites for hydroxylation is 1. The van der Waals surface area contributed by atoms with Crippen LogP contribution in [0.15, 0.2) is 60.7 Å². The first-order valence-electron chi connectivity index (χ1n) is 13.9. The first kappa shape index (κ1) is 25.9. The van der Waals surface area contributed by atoms with Crippen molar-refractivity contribution in [1.82, 2.24) is 14.8 Å². The average molecular weight is 503 g/mol. The van der Waals surface area contributed by atoms with Gasteiger partial charge in [0.2, 0.25) is 0 Å². The van der Waals surface area contributed by atoms with Gasteiger partial charge in [-0.3, -0.25) is 4.57 Å². The monoisotopic (exact) mass is 502 g/mol. The van der Waals surface area contributed by atoms with Crippen LogP contribution in [0.1, 0.15) is 94.0 Å². The Hall–Kier alpha value is -3.71. The predicted octanol–water partition coefficient (Wildman–Crippen LogP) is 8.72. The van der Waals surface area contributed by atoms with E-state index in [0.29, 0.717) is 23.3 Å². The minimum atomic E-state index is 0.0367. The minimum Gasteiger partial charge on any atom is -0.274 e. The molecule has 3 aromatic carbocycles. The summed E-state index contributed by atoms with van der Waals surface area (Å²) in [5.41, 5.74) is 9.01. The van der Waals surface area contributed by atoms with Gasteiger partial charge in [-0.2, -0.15) is 5.26 Å². The molecule has 4 heteroatoms. The van der Waals surface area contributed by atoms with Crippen molar-refractivity contribution < 1.29 is 0 Å². The quantitative estimate of drug-likeness (QED) is 0.254. The third-order valence-electron chi connectivity index (χ3n) is 8.52. The summed E-state index contributed by atoms with van der Waals surface area (Å²) in [6.45, 7) is 15.8. The van der Waals surface area contributed by atoms with Gasteiger partial charge < -0.3 is 0 Å². The molecule has 1 fully saturated rings. The van der Waals surface area contributed by atoms with Gasteiger partial charge in [-0.15, -0.1) is 10.2 Å². The van der Waals surface area contributed by atoms with Crippen LogP contribution < -0.4 is 0 Å². The van der Waals surface area contributed by atoms with Crippen molar-refractivity contribution in [3.8, 4) is 34.5 Å². The van der Waals surface area contributed by atoms with Crippen LogP contribution in [0, 0.1) is 24.2 Å². The maximum atomic E-state index is 9.76. The van der Waals surface area contributed by atoms with Crippen LogP contribution in [0.4, 0.5) is 0 Å². The molecule has 1 aliphatic rings. The van der Waals surface area contributed by atoms with Gasteiger partial charge in [0.15, 0.2) is 11.6 Å². The summed E-state index contributed by atoms with van der Waals surface area (Å²) in [4.78, 5) is 0. The molecule has 194 valence electrons. The van der Waals surface area contributed by atoms with Gasteiger partial charge in [-0.1, -0.05) is 90.4 Å². The normalized spacial score (nSPS) is 18.7. The van der Waals surface area contributed by atoms with Gasteiger partial charge in [0.25, 0.3) is 0 Å². The Morgan fingerprint density at radius 3 is 2.11 bits per heavy atom. The molecule has 0 aliphatic heterocycles. The molecule has 2 atom stereocenters. The molecule has 1 saturated carbocycles. The molecular weight excluding hydrogens is 464 g/mol. The van der Waals surface area contributed by atoms with Crippen molar-refractivity contribution in [2.45, 2.75) is 78.6 Å². The number of nitrogens with zero attached hydrogens (tertiary/aromatic N) is 4. The summed E-state index contributed by atoms with van der Waals surface area (Å²) < 4.78 is 2.31. The summed E-state index contributed by atoms with van der Waals surface area (Å²) in [6.07, 6.45) is 2.26. The molecule has 1 aromatic heterocycles. The lowest BCUT2D eigenvalue weighted by molar-refractivity contribution is 0.642. The second-order valence-corrected chi connectivity index (χ2v) is 11.7. The van der Waals surface area contributed by atoms with Crippen molar-refractivity contribution >= 4 is 0 Å². The van der Waals surface area contributed by atoms with Crippen LogP contribution in [0.2, 0.25) is 0 Å². The van der Waals surface area contributed by atoms with E-state index < -0.39 is 0 Å². The minimum absolute atomic E-state index is 0.0367. The summed E-state index contributed by atoms with van der Waals surface area (Å²) in [6, 6.07) is 23.6. The average Bonchev–Trinajstić information content (AvgIpc) is 3.41. The first-order chi connectivity index (χ1) is 18.2. The Labute approximate surface area is 227 Å². The molecular formula is C34H38N4. The van der Waals surface area contributed by atoms with Gasteiger partial charge in [0.05, 0.1) is 17.3 Å². The highest BCUT2D eigenvalue weighted by Crippen LogP contribution is 2.58. The number of hydrogen-bond donors (Lipinski definition) is 0. The second kappa shape index (κ2) is 9.87. The van der Waals surface area contributed by atoms with Crippen LogP contribution in [-0.2, 0) is 5.41 Å². The molecule has 0 amide bonds. The number of hydrogen-bond acceptors (Lipinski definition) is 3. The Balaban J connectivity index is 1.89. The maximum Gasteiger partial charge on any atom is 0.169 e. The number of rotatable bonds is 7. The molecule has 1 aliphatic carbocycles. The van der Waals surface area contributed by atoms with Gasteiger partial charge >= 0.3 is 0 Å². The number of benzene rings is 3. The third kappa shape index (κ3) is 4.25. The molecule has 38 heavy (non-hydrogen) atoms. The van der Waals surface area contributed by atoms with E-state index in [4.69, 9.17) is 10.2 Å². The number of para-hydroxylation sites is 1. The highest BCUT2D eigenvalue weighted by atomic mass is 15.3. The van der Waals surface area contributed by atoms with Gasteiger partial charge in [-0.05, 0) is 77.0 Å². The lowest BCUT2D eigenvalue weighted by Crippen LogP contribution is -2.13. The Kier molecular flexibility index (Phi) is 6.73. The summed E-state index contributed by atoms with van der Waals surface area (Å²) in [7, 11) is 0. The van der Waals surface area contributed by atoms with Crippen LogP contribution in [0.5, 0.6) is 0 Å². The van der Waals surface area contributed by atoms with Crippen LogP contribution in [-0.4, -0.2) is 14.8 Å². The molecule has 0 N–H and O–H groups in total. The molecule has 4 nitrogen and oxygen atoms in total. The van der Waals surface area contributed by atoms with E-state index in [1.807, 2.05) is 6.07 Å². The number of nitriles is 1. The molecule has 0 saturated heterocycles. The van der Waals surface area contributed by atoms with Crippen LogP contribution in [0.25, 0.3) is 28.5 Å². The Bertz CT molecular complexity index is 1510. The molecule has 4 aromatic rings. The lowest BCUT2D eigenvalue weighted by Gasteiger charge is -2.24. The fourth-order valence-electron chi connectivity index (χ4n) is 6.10. The van der Waals surface area contributed by atoms with Crippen molar-refractivity contribution in [3.63, 3.8) is 0 Å². The fourth-order valence-corrected chi connectivity index (χ4v) is 6.10. The topological polar surface area (TPSA) is 54.5 Å². The zero-order valence-electron chi connectivity index (χ0n) is 23.7. The smallest absolute Gasteiger partial charge is 0.169 e. The highest BCUT2D eigenvalue weighted by Gasteiger charge is 2.51. The first-order valence-corrected chi connectivity index (χ1v) is 13.9. The molecule has 1 unspecified atom stereocenters. The van der Waals surface area contributed by atoms with E-state index >= 15 is 0 Å². The van der Waals surface area contributed by atoms with E-state index in [1.54, 1.807) is 0 Å². The predicted molar refractivity (Wildman–Crippen MR) is 156 cm³/mol. The van der Waals surface area contributed by atoms with E-state index in [9.17, 15) is 5.26 Å². The van der Waals surface area contributed by atoms with Gasteiger partial charge in [-0.25, -0.2) is 0 Å². The Morgan fingerprint density at radius 1 is 0.921 bits per heavy atom. The van der Waals surface area contributed by atoms with E-state index in [0.717, 1.165) is 35.6 Å². The standard InChI is InChI=1S/C34H38N4/c1-8-25-19-34(25,7)30-18-24(20-35)16-17-29(30)33-37-36-32(28-13-10-9-12-23(28)6)38(33)31-26(21(2)3)14-11-15-27(31)22(4)5/h9-18,21-22,25H,8,19H2,1-7H3/t25-,34?/m0/s1. The molecule has 0 radical (unpaired) electrons. The second-order valence-electron chi connectivity index (χ2n) is 11.7. The molecule has 0 spiro atoms. The van der Waals surface area contributed by atoms with Crippen molar-refractivity contribution in [1.29, 1.82) is 5.26 Å². The van der Waals surface area contributed by atoms with Crippen molar-refractivity contribution in [2.75, 3.05) is 0 Å². The van der Waals surface area contributed by atoms with Crippen molar-refractivity contribution in [3.05, 3.63) is 88.5 Å². The summed E-state index contributed by atoms with van der Waals surface area (Å²) in [5, 5.41) is 19.6. The van der Waals surface area contributed by atoms with E-state index in [-0.39, 0.29) is 5.41 Å². The van der Waals surface area contributed by atoms with E-state index in [1.165, 1.54) is 27.9 Å². The highest BCUT2D eigenvalue weighted by molar-refractivity contribution is 5.74. The SMILES string of the molecule is CC[C@H]1CC1(C)c1cc(C#N)ccc1-c1nnc(-c2ccccc2C)n1-c1c(C(C)C)cccc1C(C)C. The molecule has 0 bridgehead atoms. The van der Waals surface area contributed by atoms with Gasteiger partial charge in [0.1, 0.15) is 0 Å². The maximum absolute atomic E-state index is 9.76.